The van der Waals surface area contributed by atoms with Gasteiger partial charge in [0, 0.05) is 30.1 Å². The van der Waals surface area contributed by atoms with Crippen molar-refractivity contribution in [3.05, 3.63) is 35.7 Å². The Balaban J connectivity index is 2.11. The van der Waals surface area contributed by atoms with E-state index in [1.165, 1.54) is 0 Å². The SMILES string of the molecule is Cc1cc(Oc2ccc(C(C)N)cn2)n[nH]1. The number of nitrogens with one attached hydrogen (secondary N) is 1. The molecule has 0 radical (unpaired) electrons. The average Bonchev–Trinajstić information content (AvgIpc) is 2.65. The molecule has 0 aliphatic rings. The number of pyridine rings is 1. The summed E-state index contributed by atoms with van der Waals surface area (Å²) in [6, 6.07) is 5.46. The molecule has 2 rings (SSSR count). The highest BCUT2D eigenvalue weighted by molar-refractivity contribution is 5.24. The van der Waals surface area contributed by atoms with Gasteiger partial charge in [-0.3, -0.25) is 5.10 Å². The molecule has 0 saturated carbocycles. The van der Waals surface area contributed by atoms with E-state index in [1.807, 2.05) is 19.9 Å². The van der Waals surface area contributed by atoms with Crippen molar-refractivity contribution in [3.8, 4) is 11.8 Å². The Morgan fingerprint density at radius 1 is 1.38 bits per heavy atom. The lowest BCUT2D eigenvalue weighted by Gasteiger charge is -2.05. The zero-order chi connectivity index (χ0) is 11.5. The molecule has 0 aromatic carbocycles. The maximum Gasteiger partial charge on any atom is 0.240 e. The van der Waals surface area contributed by atoms with E-state index in [1.54, 1.807) is 18.3 Å². The molecule has 0 amide bonds. The van der Waals surface area contributed by atoms with Crippen LogP contribution in [0.5, 0.6) is 11.8 Å². The highest BCUT2D eigenvalue weighted by Crippen LogP contribution is 2.18. The summed E-state index contributed by atoms with van der Waals surface area (Å²) >= 11 is 0. The Labute approximate surface area is 93.7 Å². The van der Waals surface area contributed by atoms with E-state index in [2.05, 4.69) is 15.2 Å². The van der Waals surface area contributed by atoms with Gasteiger partial charge in [-0.2, -0.15) is 0 Å². The number of hydrogen-bond acceptors (Lipinski definition) is 4. The molecule has 1 unspecified atom stereocenters. The molecule has 5 nitrogen and oxygen atoms in total. The lowest BCUT2D eigenvalue weighted by molar-refractivity contribution is 0.443. The monoisotopic (exact) mass is 218 g/mol. The van der Waals surface area contributed by atoms with Crippen molar-refractivity contribution < 1.29 is 4.74 Å². The Morgan fingerprint density at radius 2 is 2.19 bits per heavy atom. The van der Waals surface area contributed by atoms with Crippen molar-refractivity contribution in [1.29, 1.82) is 0 Å². The molecule has 0 aliphatic heterocycles. The molecule has 2 aromatic rings. The number of rotatable bonds is 3. The summed E-state index contributed by atoms with van der Waals surface area (Å²) in [6.07, 6.45) is 1.71. The number of aryl methyl sites for hydroxylation is 1. The topological polar surface area (TPSA) is 76.8 Å². The van der Waals surface area contributed by atoms with E-state index in [0.717, 1.165) is 11.3 Å². The summed E-state index contributed by atoms with van der Waals surface area (Å²) < 4.78 is 5.44. The number of H-pyrrole nitrogens is 1. The van der Waals surface area contributed by atoms with Gasteiger partial charge in [-0.1, -0.05) is 6.07 Å². The molecule has 0 saturated heterocycles. The second-order valence-corrected chi connectivity index (χ2v) is 3.71. The smallest absolute Gasteiger partial charge is 0.240 e. The Bertz CT molecular complexity index is 461. The van der Waals surface area contributed by atoms with Crippen molar-refractivity contribution in [3.63, 3.8) is 0 Å². The van der Waals surface area contributed by atoms with Gasteiger partial charge >= 0.3 is 0 Å². The highest BCUT2D eigenvalue weighted by Gasteiger charge is 2.03. The summed E-state index contributed by atoms with van der Waals surface area (Å²) in [5.41, 5.74) is 7.65. The van der Waals surface area contributed by atoms with Crippen LogP contribution >= 0.6 is 0 Å². The van der Waals surface area contributed by atoms with E-state index in [9.17, 15) is 0 Å². The van der Waals surface area contributed by atoms with Crippen molar-refractivity contribution in [2.45, 2.75) is 19.9 Å². The molecule has 0 fully saturated rings. The van der Waals surface area contributed by atoms with Gasteiger partial charge in [-0.15, -0.1) is 5.10 Å². The third-order valence-electron chi connectivity index (χ3n) is 2.18. The standard InChI is InChI=1S/C11H14N4O/c1-7-5-11(15-14-7)16-10-4-3-9(6-13-10)8(2)12/h3-6,8H,12H2,1-2H3,(H,14,15). The zero-order valence-electron chi connectivity index (χ0n) is 9.27. The van der Waals surface area contributed by atoms with Crippen LogP contribution in [0.25, 0.3) is 0 Å². The van der Waals surface area contributed by atoms with Crippen LogP contribution in [-0.2, 0) is 0 Å². The lowest BCUT2D eigenvalue weighted by atomic mass is 10.2. The van der Waals surface area contributed by atoms with Gasteiger partial charge in [0.2, 0.25) is 11.8 Å². The van der Waals surface area contributed by atoms with Gasteiger partial charge in [0.05, 0.1) is 0 Å². The largest absolute Gasteiger partial charge is 0.419 e. The molecule has 2 aromatic heterocycles. The zero-order valence-corrected chi connectivity index (χ0v) is 9.27. The first-order valence-electron chi connectivity index (χ1n) is 5.06. The van der Waals surface area contributed by atoms with Crippen LogP contribution in [0.15, 0.2) is 24.4 Å². The second-order valence-electron chi connectivity index (χ2n) is 3.71. The van der Waals surface area contributed by atoms with Crippen LogP contribution in [0, 0.1) is 6.92 Å². The Kier molecular flexibility index (Phi) is 2.87. The Morgan fingerprint density at radius 3 is 2.69 bits per heavy atom. The van der Waals surface area contributed by atoms with Gasteiger partial charge in [0.25, 0.3) is 0 Å². The number of nitrogens with two attached hydrogens (primary N) is 1. The van der Waals surface area contributed by atoms with Crippen LogP contribution in [-0.4, -0.2) is 15.2 Å². The quantitative estimate of drug-likeness (QED) is 0.825. The minimum atomic E-state index is -0.0193. The Hall–Kier alpha value is -1.88. The molecular formula is C11H14N4O. The van der Waals surface area contributed by atoms with Crippen LogP contribution < -0.4 is 10.5 Å². The predicted molar refractivity (Wildman–Crippen MR) is 60.2 cm³/mol. The molecule has 1 atom stereocenters. The lowest BCUT2D eigenvalue weighted by Crippen LogP contribution is -2.05. The summed E-state index contributed by atoms with van der Waals surface area (Å²) in [5, 5.41) is 6.75. The van der Waals surface area contributed by atoms with Crippen molar-refractivity contribution in [2.75, 3.05) is 0 Å². The summed E-state index contributed by atoms with van der Waals surface area (Å²) in [6.45, 7) is 3.82. The van der Waals surface area contributed by atoms with Crippen molar-refractivity contribution >= 4 is 0 Å². The fourth-order valence-corrected chi connectivity index (χ4v) is 1.27. The summed E-state index contributed by atoms with van der Waals surface area (Å²) in [7, 11) is 0. The van der Waals surface area contributed by atoms with Crippen LogP contribution in [0.2, 0.25) is 0 Å². The van der Waals surface area contributed by atoms with E-state index >= 15 is 0 Å². The van der Waals surface area contributed by atoms with E-state index in [0.29, 0.717) is 11.8 Å². The van der Waals surface area contributed by atoms with Gasteiger partial charge in [0.15, 0.2) is 0 Å². The van der Waals surface area contributed by atoms with Gasteiger partial charge in [-0.25, -0.2) is 4.98 Å². The number of aromatic nitrogens is 3. The molecule has 84 valence electrons. The molecular weight excluding hydrogens is 204 g/mol. The van der Waals surface area contributed by atoms with E-state index < -0.39 is 0 Å². The van der Waals surface area contributed by atoms with Gasteiger partial charge < -0.3 is 10.5 Å². The maximum absolute atomic E-state index is 5.72. The predicted octanol–water partition coefficient (Wildman–Crippen LogP) is 1.93. The molecule has 0 bridgehead atoms. The van der Waals surface area contributed by atoms with Crippen LogP contribution in [0.3, 0.4) is 0 Å². The first-order chi connectivity index (χ1) is 7.65. The second kappa shape index (κ2) is 4.32. The van der Waals surface area contributed by atoms with E-state index in [-0.39, 0.29) is 6.04 Å². The minimum absolute atomic E-state index is 0.0193. The molecule has 2 heterocycles. The number of hydrogen-bond donors (Lipinski definition) is 2. The normalized spacial score (nSPS) is 12.4. The number of nitrogens with zero attached hydrogens (tertiary/aromatic N) is 2. The maximum atomic E-state index is 5.72. The molecule has 16 heavy (non-hydrogen) atoms. The molecule has 5 heteroatoms. The first kappa shape index (κ1) is 10.6. The molecule has 0 spiro atoms. The first-order valence-corrected chi connectivity index (χ1v) is 5.06. The van der Waals surface area contributed by atoms with Crippen molar-refractivity contribution in [1.82, 2.24) is 15.2 Å². The molecule has 0 aliphatic carbocycles. The number of ether oxygens (including phenoxy) is 1. The third-order valence-corrected chi connectivity index (χ3v) is 2.18. The summed E-state index contributed by atoms with van der Waals surface area (Å²) in [4.78, 5) is 4.15. The van der Waals surface area contributed by atoms with Crippen LogP contribution in [0.4, 0.5) is 0 Å². The van der Waals surface area contributed by atoms with Crippen molar-refractivity contribution in [2.24, 2.45) is 5.73 Å². The minimum Gasteiger partial charge on any atom is -0.419 e. The van der Waals surface area contributed by atoms with E-state index in [4.69, 9.17) is 10.5 Å². The highest BCUT2D eigenvalue weighted by atomic mass is 16.5. The fraction of sp³-hybridized carbons (Fsp3) is 0.273. The number of aromatic amines is 1. The van der Waals surface area contributed by atoms with Gasteiger partial charge in [-0.05, 0) is 19.4 Å². The van der Waals surface area contributed by atoms with Gasteiger partial charge in [0.1, 0.15) is 0 Å². The third kappa shape index (κ3) is 2.38. The average molecular weight is 218 g/mol. The molecule has 3 N–H and O–H groups in total. The van der Waals surface area contributed by atoms with Crippen LogP contribution in [0.1, 0.15) is 24.2 Å². The summed E-state index contributed by atoms with van der Waals surface area (Å²) in [5.74, 6) is 1.02. The fourth-order valence-electron chi connectivity index (χ4n) is 1.27.